The fourth-order valence-electron chi connectivity index (χ4n) is 3.38. The van der Waals surface area contributed by atoms with Crippen LogP contribution in [0.5, 0.6) is 0 Å². The lowest BCUT2D eigenvalue weighted by Gasteiger charge is -2.23. The Labute approximate surface area is 163 Å². The Bertz CT molecular complexity index is 1060. The Hall–Kier alpha value is -2.80. The van der Waals surface area contributed by atoms with Gasteiger partial charge in [0.15, 0.2) is 5.78 Å². The second-order valence-corrected chi connectivity index (χ2v) is 7.33. The predicted molar refractivity (Wildman–Crippen MR) is 103 cm³/mol. The quantitative estimate of drug-likeness (QED) is 0.630. The summed E-state index contributed by atoms with van der Waals surface area (Å²) in [5, 5.41) is 7.25. The normalized spacial score (nSPS) is 16.0. The van der Waals surface area contributed by atoms with Gasteiger partial charge in [0.25, 0.3) is 0 Å². The highest BCUT2D eigenvalue weighted by atomic mass is 79.9. The van der Waals surface area contributed by atoms with Gasteiger partial charge in [-0.15, -0.1) is 0 Å². The zero-order valence-electron chi connectivity index (χ0n) is 14.4. The minimum Gasteiger partial charge on any atom is -0.310 e. The number of hydrogen-bond donors (Lipinski definition) is 1. The van der Waals surface area contributed by atoms with Crippen LogP contribution in [0.1, 0.15) is 34.0 Å². The Morgan fingerprint density at radius 1 is 1.26 bits per heavy atom. The van der Waals surface area contributed by atoms with Crippen LogP contribution >= 0.6 is 15.9 Å². The van der Waals surface area contributed by atoms with Gasteiger partial charge in [-0.05, 0) is 37.3 Å². The van der Waals surface area contributed by atoms with Crippen LogP contribution in [-0.2, 0) is 4.79 Å². The smallest absolute Gasteiger partial charge is 0.226 e. The molecule has 0 spiro atoms. The van der Waals surface area contributed by atoms with Gasteiger partial charge in [-0.25, -0.2) is 9.07 Å². The van der Waals surface area contributed by atoms with Gasteiger partial charge in [-0.2, -0.15) is 5.10 Å². The van der Waals surface area contributed by atoms with E-state index in [1.54, 1.807) is 43.3 Å². The summed E-state index contributed by atoms with van der Waals surface area (Å²) in [5.41, 5.74) is 2.31. The molecule has 0 bridgehead atoms. The molecule has 1 atom stereocenters. The molecule has 0 radical (unpaired) electrons. The van der Waals surface area contributed by atoms with E-state index in [0.717, 1.165) is 4.47 Å². The van der Waals surface area contributed by atoms with E-state index in [1.165, 1.54) is 16.8 Å². The van der Waals surface area contributed by atoms with E-state index in [-0.39, 0.29) is 18.1 Å². The molecule has 1 N–H and O–H groups in total. The SMILES string of the molecule is Cc1nn(-c2cccc(F)c2)c2c1[C@@H](C(=O)c1ccc(Br)cc1)CC(=O)N2. The number of ketones is 1. The number of nitrogens with zero attached hydrogens (tertiary/aromatic N) is 2. The molecule has 5 nitrogen and oxygen atoms in total. The number of carbonyl (C=O) groups is 2. The molecule has 3 aromatic rings. The topological polar surface area (TPSA) is 64.0 Å². The Morgan fingerprint density at radius 2 is 2.00 bits per heavy atom. The van der Waals surface area contributed by atoms with E-state index in [9.17, 15) is 14.0 Å². The van der Waals surface area contributed by atoms with Gasteiger partial charge < -0.3 is 5.32 Å². The second kappa shape index (κ2) is 6.74. The van der Waals surface area contributed by atoms with Crippen molar-refractivity contribution in [1.82, 2.24) is 9.78 Å². The predicted octanol–water partition coefficient (Wildman–Crippen LogP) is 4.39. The first-order valence-corrected chi connectivity index (χ1v) is 9.18. The van der Waals surface area contributed by atoms with E-state index < -0.39 is 11.7 Å². The number of benzene rings is 2. The van der Waals surface area contributed by atoms with Crippen molar-refractivity contribution in [3.63, 3.8) is 0 Å². The number of anilines is 1. The Morgan fingerprint density at radius 3 is 2.70 bits per heavy atom. The van der Waals surface area contributed by atoms with Gasteiger partial charge in [-0.3, -0.25) is 9.59 Å². The van der Waals surface area contributed by atoms with Crippen molar-refractivity contribution in [2.75, 3.05) is 5.32 Å². The number of Topliss-reactive ketones (excluding diaryl/α,β-unsaturated/α-hetero) is 1. The summed E-state index contributed by atoms with van der Waals surface area (Å²) in [6.07, 6.45) is 0.0532. The summed E-state index contributed by atoms with van der Waals surface area (Å²) in [5.74, 6) is -1.02. The average Bonchev–Trinajstić information content (AvgIpc) is 2.97. The highest BCUT2D eigenvalue weighted by Crippen LogP contribution is 2.38. The minimum atomic E-state index is -0.628. The van der Waals surface area contributed by atoms with Crippen LogP contribution in [0.15, 0.2) is 53.0 Å². The molecule has 0 saturated heterocycles. The third-order valence-corrected chi connectivity index (χ3v) is 5.13. The standard InChI is InChI=1S/C20H15BrFN3O2/c1-11-18-16(19(27)12-5-7-13(21)8-6-12)10-17(26)23-20(18)25(24-11)15-4-2-3-14(22)9-15/h2-9,16H,10H2,1H3,(H,23,26)/t16-/m0/s1. The largest absolute Gasteiger partial charge is 0.310 e. The number of carbonyl (C=O) groups excluding carboxylic acids is 2. The molecule has 27 heavy (non-hydrogen) atoms. The minimum absolute atomic E-state index is 0.0532. The summed E-state index contributed by atoms with van der Waals surface area (Å²) < 4.78 is 16.0. The zero-order valence-corrected chi connectivity index (χ0v) is 16.0. The Balaban J connectivity index is 1.82. The first-order chi connectivity index (χ1) is 12.9. The van der Waals surface area contributed by atoms with Gasteiger partial charge in [0.1, 0.15) is 11.6 Å². The van der Waals surface area contributed by atoms with Crippen LogP contribution in [0, 0.1) is 12.7 Å². The van der Waals surface area contributed by atoms with E-state index in [4.69, 9.17) is 0 Å². The third kappa shape index (κ3) is 3.19. The number of fused-ring (bicyclic) bond motifs is 1. The number of aryl methyl sites for hydroxylation is 1. The molecule has 1 aromatic heterocycles. The zero-order chi connectivity index (χ0) is 19.1. The molecule has 0 fully saturated rings. The van der Waals surface area contributed by atoms with Crippen LogP contribution in [-0.4, -0.2) is 21.5 Å². The second-order valence-electron chi connectivity index (χ2n) is 6.42. The number of nitrogens with one attached hydrogen (secondary N) is 1. The van der Waals surface area contributed by atoms with Crippen molar-refractivity contribution in [3.8, 4) is 5.69 Å². The van der Waals surface area contributed by atoms with Gasteiger partial charge in [0.2, 0.25) is 5.91 Å². The highest BCUT2D eigenvalue weighted by molar-refractivity contribution is 9.10. The fourth-order valence-corrected chi connectivity index (χ4v) is 3.65. The lowest BCUT2D eigenvalue weighted by Crippen LogP contribution is -2.28. The number of amides is 1. The van der Waals surface area contributed by atoms with E-state index in [2.05, 4.69) is 26.3 Å². The van der Waals surface area contributed by atoms with Crippen LogP contribution in [0.3, 0.4) is 0 Å². The lowest BCUT2D eigenvalue weighted by atomic mass is 9.85. The van der Waals surface area contributed by atoms with Crippen LogP contribution in [0.2, 0.25) is 0 Å². The summed E-state index contributed by atoms with van der Waals surface area (Å²) >= 11 is 3.35. The number of rotatable bonds is 3. The molecule has 0 unspecified atom stereocenters. The first kappa shape index (κ1) is 17.6. The van der Waals surface area contributed by atoms with Crippen LogP contribution in [0.25, 0.3) is 5.69 Å². The molecule has 7 heteroatoms. The third-order valence-electron chi connectivity index (χ3n) is 4.60. The molecular weight excluding hydrogens is 413 g/mol. The maximum absolute atomic E-state index is 13.6. The maximum Gasteiger partial charge on any atom is 0.226 e. The van der Waals surface area contributed by atoms with E-state index in [1.807, 2.05) is 0 Å². The number of hydrogen-bond acceptors (Lipinski definition) is 3. The van der Waals surface area contributed by atoms with Crippen molar-refractivity contribution in [1.29, 1.82) is 0 Å². The van der Waals surface area contributed by atoms with E-state index >= 15 is 0 Å². The average molecular weight is 428 g/mol. The van der Waals surface area contributed by atoms with Gasteiger partial charge in [0.05, 0.1) is 17.3 Å². The molecule has 2 heterocycles. The molecule has 0 aliphatic carbocycles. The summed E-state index contributed by atoms with van der Waals surface area (Å²) in [7, 11) is 0. The van der Waals surface area contributed by atoms with Crippen molar-refractivity contribution in [3.05, 3.63) is 75.6 Å². The van der Waals surface area contributed by atoms with Gasteiger partial charge in [0, 0.05) is 22.0 Å². The van der Waals surface area contributed by atoms with Gasteiger partial charge in [-0.1, -0.05) is 34.1 Å². The van der Waals surface area contributed by atoms with Crippen molar-refractivity contribution in [2.24, 2.45) is 0 Å². The van der Waals surface area contributed by atoms with E-state index in [0.29, 0.717) is 28.3 Å². The first-order valence-electron chi connectivity index (χ1n) is 8.39. The number of aromatic nitrogens is 2. The number of halogens is 2. The summed E-state index contributed by atoms with van der Waals surface area (Å²) in [4.78, 5) is 25.4. The Kier molecular flexibility index (Phi) is 4.39. The monoisotopic (exact) mass is 427 g/mol. The molecule has 4 rings (SSSR count). The lowest BCUT2D eigenvalue weighted by molar-refractivity contribution is -0.116. The van der Waals surface area contributed by atoms with Gasteiger partial charge >= 0.3 is 0 Å². The maximum atomic E-state index is 13.6. The molecule has 1 aliphatic rings. The van der Waals surface area contributed by atoms with Crippen molar-refractivity contribution in [2.45, 2.75) is 19.3 Å². The van der Waals surface area contributed by atoms with Crippen molar-refractivity contribution >= 4 is 33.4 Å². The molecule has 1 amide bonds. The summed E-state index contributed by atoms with van der Waals surface area (Å²) in [6, 6.07) is 13.0. The highest BCUT2D eigenvalue weighted by Gasteiger charge is 2.36. The van der Waals surface area contributed by atoms with Crippen molar-refractivity contribution < 1.29 is 14.0 Å². The molecule has 0 saturated carbocycles. The molecular formula is C20H15BrFN3O2. The fraction of sp³-hybridized carbons (Fsp3) is 0.150. The summed E-state index contributed by atoms with van der Waals surface area (Å²) in [6.45, 7) is 1.79. The van der Waals surface area contributed by atoms with Crippen LogP contribution in [0.4, 0.5) is 10.2 Å². The molecule has 1 aliphatic heterocycles. The molecule has 136 valence electrons. The van der Waals surface area contributed by atoms with Crippen LogP contribution < -0.4 is 5.32 Å². The molecule has 2 aromatic carbocycles.